The van der Waals surface area contributed by atoms with Gasteiger partial charge in [-0.3, -0.25) is 19.3 Å². The van der Waals surface area contributed by atoms with Gasteiger partial charge in [-0.05, 0) is 38.1 Å². The molecule has 3 rings (SSSR count). The van der Waals surface area contributed by atoms with Gasteiger partial charge in [0.05, 0.1) is 25.3 Å². The predicted molar refractivity (Wildman–Crippen MR) is 155 cm³/mol. The molecule has 1 aromatic rings. The van der Waals surface area contributed by atoms with Crippen LogP contribution in [0.2, 0.25) is 0 Å². The molecule has 0 radical (unpaired) electrons. The zero-order chi connectivity index (χ0) is 28.6. The minimum Gasteiger partial charge on any atom is -0.427 e. The fraction of sp³-hybridized carbons (Fsp3) is 0.552. The average Bonchev–Trinajstić information content (AvgIpc) is 2.90. The summed E-state index contributed by atoms with van der Waals surface area (Å²) in [4.78, 5) is 44.0. The van der Waals surface area contributed by atoms with Crippen LogP contribution in [0.1, 0.15) is 34.1 Å². The highest BCUT2D eigenvalue weighted by Crippen LogP contribution is 2.38. The zero-order valence-corrected chi connectivity index (χ0v) is 24.8. The number of hydrogen-bond donors (Lipinski definition) is 1. The third-order valence-corrected chi connectivity index (χ3v) is 7.46. The fourth-order valence-electron chi connectivity index (χ4n) is 5.08. The number of Topliss-reactive ketones (excluding diaryl/α,β-unsaturated/α-hetero) is 2. The van der Waals surface area contributed by atoms with Gasteiger partial charge in [0.2, 0.25) is 5.78 Å². The zero-order valence-electron chi connectivity index (χ0n) is 23.3. The van der Waals surface area contributed by atoms with Crippen molar-refractivity contribution in [2.24, 2.45) is 5.41 Å². The molecule has 214 valence electrons. The number of allylic oxidation sites excluding steroid dienone is 3. The van der Waals surface area contributed by atoms with Crippen LogP contribution in [0, 0.1) is 5.41 Å². The van der Waals surface area contributed by atoms with Gasteiger partial charge in [-0.1, -0.05) is 13.8 Å². The minimum atomic E-state index is -0.914. The SMILES string of the molecule is CC1=C(NCCN2CCOCC2)C(=O)C(C(C)(C)CC(=O)Oc2ccc(N(CCCl)CCCl)cc2)=C(C)C1=O. The van der Waals surface area contributed by atoms with Crippen LogP contribution in [0.25, 0.3) is 0 Å². The Balaban J connectivity index is 1.66. The van der Waals surface area contributed by atoms with Crippen LogP contribution in [0.15, 0.2) is 46.7 Å². The van der Waals surface area contributed by atoms with Gasteiger partial charge in [-0.2, -0.15) is 0 Å². The van der Waals surface area contributed by atoms with Gasteiger partial charge in [0, 0.05) is 78.9 Å². The summed E-state index contributed by atoms with van der Waals surface area (Å²) >= 11 is 11.8. The van der Waals surface area contributed by atoms with Crippen LogP contribution >= 0.6 is 23.2 Å². The van der Waals surface area contributed by atoms with E-state index in [-0.39, 0.29) is 18.0 Å². The molecule has 0 spiro atoms. The molecule has 0 unspecified atom stereocenters. The number of rotatable bonds is 13. The summed E-state index contributed by atoms with van der Waals surface area (Å²) < 4.78 is 11.0. The lowest BCUT2D eigenvalue weighted by Crippen LogP contribution is -2.42. The van der Waals surface area contributed by atoms with E-state index in [0.29, 0.717) is 72.8 Å². The van der Waals surface area contributed by atoms with E-state index in [0.717, 1.165) is 25.3 Å². The molecule has 1 aliphatic carbocycles. The van der Waals surface area contributed by atoms with E-state index in [1.165, 1.54) is 0 Å². The van der Waals surface area contributed by atoms with E-state index >= 15 is 0 Å². The molecule has 0 aromatic heterocycles. The lowest BCUT2D eigenvalue weighted by Gasteiger charge is -2.32. The highest BCUT2D eigenvalue weighted by atomic mass is 35.5. The highest BCUT2D eigenvalue weighted by Gasteiger charge is 2.40. The summed E-state index contributed by atoms with van der Waals surface area (Å²) in [6.45, 7) is 12.6. The first kappa shape index (κ1) is 31.1. The van der Waals surface area contributed by atoms with Gasteiger partial charge in [0.25, 0.3) is 0 Å². The first-order chi connectivity index (χ1) is 18.6. The molecule has 1 heterocycles. The molecule has 10 heteroatoms. The average molecular weight is 581 g/mol. The molecule has 1 N–H and O–H groups in total. The minimum absolute atomic E-state index is 0.0643. The molecule has 1 aliphatic heterocycles. The number of esters is 1. The van der Waals surface area contributed by atoms with E-state index in [4.69, 9.17) is 32.7 Å². The maximum absolute atomic E-state index is 13.6. The van der Waals surface area contributed by atoms with E-state index in [1.807, 2.05) is 12.1 Å². The molecule has 0 atom stereocenters. The topological polar surface area (TPSA) is 88.2 Å². The lowest BCUT2D eigenvalue weighted by molar-refractivity contribution is -0.136. The Labute approximate surface area is 241 Å². The first-order valence-corrected chi connectivity index (χ1v) is 14.4. The van der Waals surface area contributed by atoms with Crippen molar-refractivity contribution in [2.45, 2.75) is 34.1 Å². The number of nitrogens with one attached hydrogen (secondary N) is 1. The fourth-order valence-corrected chi connectivity index (χ4v) is 5.49. The van der Waals surface area contributed by atoms with E-state index in [2.05, 4.69) is 15.1 Å². The number of nitrogens with zero attached hydrogens (tertiary/aromatic N) is 2. The predicted octanol–water partition coefficient (Wildman–Crippen LogP) is 3.96. The van der Waals surface area contributed by atoms with Crippen molar-refractivity contribution in [2.75, 3.05) is 69.1 Å². The van der Waals surface area contributed by atoms with Gasteiger partial charge >= 0.3 is 5.97 Å². The van der Waals surface area contributed by atoms with Crippen molar-refractivity contribution < 1.29 is 23.9 Å². The Bertz CT molecular complexity index is 1100. The van der Waals surface area contributed by atoms with Gasteiger partial charge in [0.1, 0.15) is 5.75 Å². The monoisotopic (exact) mass is 579 g/mol. The van der Waals surface area contributed by atoms with E-state index in [1.54, 1.807) is 39.8 Å². The molecule has 1 aromatic carbocycles. The van der Waals surface area contributed by atoms with Gasteiger partial charge in [-0.15, -0.1) is 23.2 Å². The smallest absolute Gasteiger partial charge is 0.312 e. The Morgan fingerprint density at radius 1 is 1.03 bits per heavy atom. The van der Waals surface area contributed by atoms with Gasteiger partial charge < -0.3 is 19.7 Å². The number of alkyl halides is 2. The van der Waals surface area contributed by atoms with Crippen molar-refractivity contribution in [1.82, 2.24) is 10.2 Å². The maximum Gasteiger partial charge on any atom is 0.312 e. The number of carbonyl (C=O) groups excluding carboxylic acids is 3. The lowest BCUT2D eigenvalue weighted by atomic mass is 9.72. The summed E-state index contributed by atoms with van der Waals surface area (Å²) in [6.07, 6.45) is -0.0643. The summed E-state index contributed by atoms with van der Waals surface area (Å²) in [6, 6.07) is 7.15. The van der Waals surface area contributed by atoms with E-state index < -0.39 is 11.4 Å². The molecule has 1 fully saturated rings. The molecule has 8 nitrogen and oxygen atoms in total. The van der Waals surface area contributed by atoms with Crippen LogP contribution < -0.4 is 15.0 Å². The molecule has 1 saturated heterocycles. The summed E-state index contributed by atoms with van der Waals surface area (Å²) in [5.41, 5.74) is 1.44. The number of anilines is 1. The number of ether oxygens (including phenoxy) is 2. The van der Waals surface area contributed by atoms with Crippen molar-refractivity contribution in [3.05, 3.63) is 46.7 Å². The van der Waals surface area contributed by atoms with Crippen LogP contribution in [-0.2, 0) is 19.1 Å². The van der Waals surface area contributed by atoms with Gasteiger partial charge in [-0.25, -0.2) is 0 Å². The van der Waals surface area contributed by atoms with Crippen molar-refractivity contribution in [3.63, 3.8) is 0 Å². The summed E-state index contributed by atoms with van der Waals surface area (Å²) in [5.74, 6) is 0.424. The van der Waals surface area contributed by atoms with Gasteiger partial charge in [0.15, 0.2) is 5.78 Å². The molecule has 0 saturated carbocycles. The number of hydrogen-bond acceptors (Lipinski definition) is 8. The Morgan fingerprint density at radius 2 is 1.64 bits per heavy atom. The maximum atomic E-state index is 13.6. The summed E-state index contributed by atoms with van der Waals surface area (Å²) in [7, 11) is 0. The second kappa shape index (κ2) is 14.3. The largest absolute Gasteiger partial charge is 0.427 e. The number of carbonyl (C=O) groups is 3. The number of benzene rings is 1. The van der Waals surface area contributed by atoms with Crippen molar-refractivity contribution in [3.8, 4) is 5.75 Å². The van der Waals surface area contributed by atoms with Crippen LogP contribution in [0.3, 0.4) is 0 Å². The quantitative estimate of drug-likeness (QED) is 0.163. The Hall–Kier alpha value is -2.39. The Morgan fingerprint density at radius 3 is 2.23 bits per heavy atom. The van der Waals surface area contributed by atoms with Crippen LogP contribution in [0.5, 0.6) is 5.75 Å². The van der Waals surface area contributed by atoms with E-state index in [9.17, 15) is 14.4 Å². The van der Waals surface area contributed by atoms with Crippen molar-refractivity contribution in [1.29, 1.82) is 0 Å². The molecule has 0 amide bonds. The summed E-state index contributed by atoms with van der Waals surface area (Å²) in [5, 5.41) is 3.20. The highest BCUT2D eigenvalue weighted by molar-refractivity contribution is 6.25. The molecular formula is C29H39Cl2N3O5. The van der Waals surface area contributed by atoms with Crippen LogP contribution in [-0.4, -0.2) is 86.7 Å². The number of morpholine rings is 1. The number of ketones is 2. The molecule has 39 heavy (non-hydrogen) atoms. The first-order valence-electron chi connectivity index (χ1n) is 13.3. The molecular weight excluding hydrogens is 541 g/mol. The third kappa shape index (κ3) is 8.07. The second-order valence-electron chi connectivity index (χ2n) is 10.4. The molecule has 0 bridgehead atoms. The van der Waals surface area contributed by atoms with Crippen LogP contribution in [0.4, 0.5) is 5.69 Å². The third-order valence-electron chi connectivity index (χ3n) is 7.12. The normalized spacial score (nSPS) is 17.1. The molecule has 2 aliphatic rings. The second-order valence-corrected chi connectivity index (χ2v) is 11.2. The Kier molecular flexibility index (Phi) is 11.4. The number of halogens is 2. The van der Waals surface area contributed by atoms with Crippen molar-refractivity contribution >= 4 is 46.4 Å². The standard InChI is InChI=1S/C29H39Cl2N3O5/c1-20-25(28(37)26(21(2)27(20)36)32-11-14-33-15-17-38-18-16-33)29(3,4)19-24(35)39-23-7-5-22(6-8-23)34(12-9-30)13-10-31/h5-8,32H,9-19H2,1-4H3.